The molecule has 2 aliphatic rings. The molecule has 1 aromatic carbocycles. The fourth-order valence-corrected chi connectivity index (χ4v) is 3.27. The van der Waals surface area contributed by atoms with Gasteiger partial charge in [-0.15, -0.1) is 12.4 Å². The number of ether oxygens (including phenoxy) is 1. The van der Waals surface area contributed by atoms with Crippen molar-refractivity contribution in [3.63, 3.8) is 0 Å². The number of piperidine rings is 1. The Hall–Kier alpha value is -0.440. The van der Waals surface area contributed by atoms with Crippen molar-refractivity contribution in [2.75, 3.05) is 13.1 Å². The molecule has 0 bridgehead atoms. The van der Waals surface area contributed by atoms with Crippen LogP contribution in [0.1, 0.15) is 25.7 Å². The molecule has 4 heteroatoms. The molecule has 3 rings (SSSR count). The zero-order valence-electron chi connectivity index (χ0n) is 10.3. The minimum atomic E-state index is 0. The molecular weight excluding hydrogens is 269 g/mol. The van der Waals surface area contributed by atoms with E-state index in [0.29, 0.717) is 11.5 Å². The molecule has 1 saturated heterocycles. The van der Waals surface area contributed by atoms with Crippen molar-refractivity contribution < 1.29 is 4.74 Å². The van der Waals surface area contributed by atoms with Crippen LogP contribution in [0.3, 0.4) is 0 Å². The second kappa shape index (κ2) is 5.68. The van der Waals surface area contributed by atoms with E-state index in [1.54, 1.807) is 0 Å². The molecule has 1 aliphatic heterocycles. The van der Waals surface area contributed by atoms with Gasteiger partial charge in [0.2, 0.25) is 0 Å². The Morgan fingerprint density at radius 1 is 1.22 bits per heavy atom. The van der Waals surface area contributed by atoms with Gasteiger partial charge in [0, 0.05) is 5.02 Å². The summed E-state index contributed by atoms with van der Waals surface area (Å²) in [6, 6.07) is 7.70. The highest BCUT2D eigenvalue weighted by Crippen LogP contribution is 2.49. The maximum Gasteiger partial charge on any atom is 0.121 e. The first-order chi connectivity index (χ1) is 8.26. The molecule has 2 nitrogen and oxygen atoms in total. The fourth-order valence-electron chi connectivity index (χ4n) is 3.09. The van der Waals surface area contributed by atoms with Gasteiger partial charge in [-0.1, -0.05) is 17.7 Å². The molecule has 100 valence electrons. The SMILES string of the molecule is Cl.Clc1cccc(OC2CC3(CCNCC3)C2)c1. The average Bonchev–Trinajstić information content (AvgIpc) is 2.28. The Morgan fingerprint density at radius 2 is 1.94 bits per heavy atom. The Balaban J connectivity index is 0.00000120. The van der Waals surface area contributed by atoms with E-state index in [1.807, 2.05) is 24.3 Å². The number of nitrogens with one attached hydrogen (secondary N) is 1. The lowest BCUT2D eigenvalue weighted by atomic mass is 9.62. The highest BCUT2D eigenvalue weighted by atomic mass is 35.5. The summed E-state index contributed by atoms with van der Waals surface area (Å²) in [6.45, 7) is 2.34. The average molecular weight is 288 g/mol. The van der Waals surface area contributed by atoms with Crippen LogP contribution in [0.5, 0.6) is 5.75 Å². The van der Waals surface area contributed by atoms with Gasteiger partial charge < -0.3 is 10.1 Å². The number of halogens is 2. The topological polar surface area (TPSA) is 21.3 Å². The number of hydrogen-bond donors (Lipinski definition) is 1. The number of benzene rings is 1. The van der Waals surface area contributed by atoms with Gasteiger partial charge in [0.25, 0.3) is 0 Å². The van der Waals surface area contributed by atoms with E-state index in [2.05, 4.69) is 5.32 Å². The Labute approximate surface area is 119 Å². The lowest BCUT2D eigenvalue weighted by Gasteiger charge is -2.49. The van der Waals surface area contributed by atoms with Crippen molar-refractivity contribution in [1.29, 1.82) is 0 Å². The van der Waals surface area contributed by atoms with Gasteiger partial charge in [0.15, 0.2) is 0 Å². The summed E-state index contributed by atoms with van der Waals surface area (Å²) in [5.41, 5.74) is 0.578. The molecule has 1 heterocycles. The lowest BCUT2D eigenvalue weighted by molar-refractivity contribution is -0.0347. The molecule has 0 aromatic heterocycles. The summed E-state index contributed by atoms with van der Waals surface area (Å²) in [5, 5.41) is 4.17. The van der Waals surface area contributed by atoms with Crippen LogP contribution in [0, 0.1) is 5.41 Å². The van der Waals surface area contributed by atoms with Gasteiger partial charge in [0.05, 0.1) is 6.10 Å². The van der Waals surface area contributed by atoms with Crippen LogP contribution in [-0.4, -0.2) is 19.2 Å². The van der Waals surface area contributed by atoms with Crippen LogP contribution in [-0.2, 0) is 0 Å². The first-order valence-electron chi connectivity index (χ1n) is 6.39. The minimum Gasteiger partial charge on any atom is -0.490 e. The molecule has 1 aliphatic carbocycles. The van der Waals surface area contributed by atoms with Gasteiger partial charge in [-0.05, 0) is 62.4 Å². The molecule has 1 spiro atoms. The van der Waals surface area contributed by atoms with Crippen LogP contribution in [0.2, 0.25) is 5.02 Å². The Bertz CT molecular complexity index is 397. The van der Waals surface area contributed by atoms with E-state index < -0.39 is 0 Å². The largest absolute Gasteiger partial charge is 0.490 e. The van der Waals surface area contributed by atoms with E-state index in [0.717, 1.165) is 10.8 Å². The number of rotatable bonds is 2. The molecule has 1 N–H and O–H groups in total. The van der Waals surface area contributed by atoms with Crippen LogP contribution < -0.4 is 10.1 Å². The van der Waals surface area contributed by atoms with E-state index in [1.165, 1.54) is 38.8 Å². The number of hydrogen-bond acceptors (Lipinski definition) is 2. The van der Waals surface area contributed by atoms with Crippen LogP contribution >= 0.6 is 24.0 Å². The molecule has 0 unspecified atom stereocenters. The summed E-state index contributed by atoms with van der Waals surface area (Å²) >= 11 is 5.94. The molecule has 1 aromatic rings. The van der Waals surface area contributed by atoms with Crippen molar-refractivity contribution in [3.05, 3.63) is 29.3 Å². The molecule has 0 amide bonds. The van der Waals surface area contributed by atoms with Gasteiger partial charge in [-0.2, -0.15) is 0 Å². The van der Waals surface area contributed by atoms with Crippen molar-refractivity contribution in [2.45, 2.75) is 31.8 Å². The molecule has 2 fully saturated rings. The predicted molar refractivity (Wildman–Crippen MR) is 76.9 cm³/mol. The molecule has 1 saturated carbocycles. The smallest absolute Gasteiger partial charge is 0.121 e. The summed E-state index contributed by atoms with van der Waals surface area (Å²) < 4.78 is 5.95. The van der Waals surface area contributed by atoms with E-state index in [4.69, 9.17) is 16.3 Å². The van der Waals surface area contributed by atoms with Crippen molar-refractivity contribution in [1.82, 2.24) is 5.32 Å². The quantitative estimate of drug-likeness (QED) is 0.896. The third-order valence-corrected chi connectivity index (χ3v) is 4.32. The third kappa shape index (κ3) is 2.93. The highest BCUT2D eigenvalue weighted by Gasteiger charge is 2.45. The first kappa shape index (κ1) is 14.0. The molecule has 18 heavy (non-hydrogen) atoms. The van der Waals surface area contributed by atoms with Crippen molar-refractivity contribution in [2.24, 2.45) is 5.41 Å². The monoisotopic (exact) mass is 287 g/mol. The first-order valence-corrected chi connectivity index (χ1v) is 6.77. The van der Waals surface area contributed by atoms with Gasteiger partial charge in [-0.25, -0.2) is 0 Å². The second-order valence-electron chi connectivity index (χ2n) is 5.36. The summed E-state index contributed by atoms with van der Waals surface area (Å²) in [7, 11) is 0. The maximum absolute atomic E-state index is 5.95. The third-order valence-electron chi connectivity index (χ3n) is 4.08. The predicted octanol–water partition coefficient (Wildman–Crippen LogP) is 3.67. The maximum atomic E-state index is 5.95. The highest BCUT2D eigenvalue weighted by molar-refractivity contribution is 6.30. The minimum absolute atomic E-state index is 0. The zero-order valence-corrected chi connectivity index (χ0v) is 11.9. The Kier molecular flexibility index (Phi) is 4.41. The van der Waals surface area contributed by atoms with Gasteiger partial charge in [-0.3, -0.25) is 0 Å². The fraction of sp³-hybridized carbons (Fsp3) is 0.571. The summed E-state index contributed by atoms with van der Waals surface area (Å²) in [5.74, 6) is 0.909. The summed E-state index contributed by atoms with van der Waals surface area (Å²) in [6.07, 6.45) is 5.43. The normalized spacial score (nSPS) is 22.1. The van der Waals surface area contributed by atoms with E-state index >= 15 is 0 Å². The van der Waals surface area contributed by atoms with Gasteiger partial charge >= 0.3 is 0 Å². The van der Waals surface area contributed by atoms with Crippen LogP contribution in [0.15, 0.2) is 24.3 Å². The molecule has 0 radical (unpaired) electrons. The standard InChI is InChI=1S/C14H18ClNO.ClH/c15-11-2-1-3-12(8-11)17-13-9-14(10-13)4-6-16-7-5-14;/h1-3,8,13,16H,4-7,9-10H2;1H. The van der Waals surface area contributed by atoms with Crippen molar-refractivity contribution in [3.8, 4) is 5.75 Å². The van der Waals surface area contributed by atoms with E-state index in [-0.39, 0.29) is 12.4 Å². The van der Waals surface area contributed by atoms with Crippen LogP contribution in [0.25, 0.3) is 0 Å². The van der Waals surface area contributed by atoms with E-state index in [9.17, 15) is 0 Å². The van der Waals surface area contributed by atoms with Crippen LogP contribution in [0.4, 0.5) is 0 Å². The molecular formula is C14H19Cl2NO. The zero-order chi connectivity index (χ0) is 11.7. The lowest BCUT2D eigenvalue weighted by Crippen LogP contribution is -2.49. The molecule has 0 atom stereocenters. The van der Waals surface area contributed by atoms with Crippen molar-refractivity contribution >= 4 is 24.0 Å². The Morgan fingerprint density at radius 3 is 2.61 bits per heavy atom. The second-order valence-corrected chi connectivity index (χ2v) is 5.79. The summed E-state index contributed by atoms with van der Waals surface area (Å²) in [4.78, 5) is 0. The van der Waals surface area contributed by atoms with Gasteiger partial charge in [0.1, 0.15) is 5.75 Å².